The van der Waals surface area contributed by atoms with Gasteiger partial charge in [0.2, 0.25) is 5.91 Å². The van der Waals surface area contributed by atoms with Crippen molar-refractivity contribution >= 4 is 28.9 Å². The maximum absolute atomic E-state index is 13.6. The number of benzene rings is 2. The minimum absolute atomic E-state index is 0.0511. The van der Waals surface area contributed by atoms with Crippen molar-refractivity contribution in [1.29, 1.82) is 5.41 Å². The molecule has 2 aromatic carbocycles. The fourth-order valence-electron chi connectivity index (χ4n) is 4.64. The van der Waals surface area contributed by atoms with Crippen LogP contribution in [-0.2, 0) is 23.2 Å². The molecular formula is C29H34N4O4S. The summed E-state index contributed by atoms with van der Waals surface area (Å²) < 4.78 is 11.6. The van der Waals surface area contributed by atoms with Crippen LogP contribution in [-0.4, -0.2) is 54.7 Å². The van der Waals surface area contributed by atoms with E-state index in [9.17, 15) is 9.59 Å². The van der Waals surface area contributed by atoms with Crippen LogP contribution in [0, 0.1) is 5.41 Å². The molecule has 0 fully saturated rings. The Labute approximate surface area is 227 Å². The summed E-state index contributed by atoms with van der Waals surface area (Å²) in [5.74, 6) is 1.39. The van der Waals surface area contributed by atoms with Gasteiger partial charge < -0.3 is 19.7 Å². The van der Waals surface area contributed by atoms with E-state index in [2.05, 4.69) is 31.1 Å². The van der Waals surface area contributed by atoms with Crippen molar-refractivity contribution in [2.75, 3.05) is 27.3 Å². The largest absolute Gasteiger partial charge is 0.496 e. The molecule has 0 saturated heterocycles. The number of amidine groups is 1. The van der Waals surface area contributed by atoms with Gasteiger partial charge in [0.1, 0.15) is 22.3 Å². The Morgan fingerprint density at radius 2 is 1.95 bits per heavy atom. The third-order valence-electron chi connectivity index (χ3n) is 6.57. The van der Waals surface area contributed by atoms with Gasteiger partial charge in [0.15, 0.2) is 5.78 Å². The summed E-state index contributed by atoms with van der Waals surface area (Å²) in [5.41, 5.74) is 4.35. The number of methoxy groups -OCH3 is 1. The summed E-state index contributed by atoms with van der Waals surface area (Å²) >= 11 is 1.50. The number of rotatable bonds is 9. The number of nitrogens with one attached hydrogen (secondary N) is 2. The summed E-state index contributed by atoms with van der Waals surface area (Å²) in [6.07, 6.45) is 1.90. The number of Topliss-reactive ketones (excluding diaryl/α,β-unsaturated/α-hetero) is 1. The molecule has 200 valence electrons. The molecule has 4 rings (SSSR count). The van der Waals surface area contributed by atoms with Crippen molar-refractivity contribution in [3.63, 3.8) is 0 Å². The summed E-state index contributed by atoms with van der Waals surface area (Å²) in [6.45, 7) is 9.09. The van der Waals surface area contributed by atoms with E-state index in [1.807, 2.05) is 36.6 Å². The van der Waals surface area contributed by atoms with Crippen LogP contribution in [0.4, 0.5) is 0 Å². The maximum Gasteiger partial charge on any atom is 0.224 e. The molecule has 0 saturated carbocycles. The fraction of sp³-hybridized carbons (Fsp3) is 0.379. The minimum atomic E-state index is -0.263. The molecule has 2 N–H and O–H groups in total. The average Bonchev–Trinajstić information content (AvgIpc) is 3.51. The highest BCUT2D eigenvalue weighted by Gasteiger charge is 2.30. The van der Waals surface area contributed by atoms with Gasteiger partial charge in [-0.25, -0.2) is 4.98 Å². The Morgan fingerprint density at radius 1 is 1.18 bits per heavy atom. The molecule has 9 heteroatoms. The zero-order valence-corrected chi connectivity index (χ0v) is 23.5. The number of hydrogen-bond acceptors (Lipinski definition) is 7. The van der Waals surface area contributed by atoms with Crippen molar-refractivity contribution in [2.24, 2.45) is 0 Å². The number of carbonyl (C=O) groups excluding carboxylic acids is 2. The van der Waals surface area contributed by atoms with E-state index in [-0.39, 0.29) is 35.9 Å². The van der Waals surface area contributed by atoms with Gasteiger partial charge in [0.05, 0.1) is 32.2 Å². The summed E-state index contributed by atoms with van der Waals surface area (Å²) in [5, 5.41) is 14.1. The highest BCUT2D eigenvalue weighted by atomic mass is 32.1. The van der Waals surface area contributed by atoms with Crippen molar-refractivity contribution < 1.29 is 19.1 Å². The lowest BCUT2D eigenvalue weighted by Gasteiger charge is -2.25. The number of aromatic nitrogens is 1. The van der Waals surface area contributed by atoms with Crippen molar-refractivity contribution in [1.82, 2.24) is 15.2 Å². The van der Waals surface area contributed by atoms with E-state index in [1.54, 1.807) is 25.3 Å². The van der Waals surface area contributed by atoms with Gasteiger partial charge in [-0.2, -0.15) is 0 Å². The summed E-state index contributed by atoms with van der Waals surface area (Å²) in [4.78, 5) is 31.9. The van der Waals surface area contributed by atoms with Gasteiger partial charge in [-0.05, 0) is 42.2 Å². The predicted octanol–water partition coefficient (Wildman–Crippen LogP) is 4.83. The number of hydrogen-bond donors (Lipinski definition) is 2. The van der Waals surface area contributed by atoms with Crippen LogP contribution in [0.5, 0.6) is 11.5 Å². The first-order valence-corrected chi connectivity index (χ1v) is 13.4. The van der Waals surface area contributed by atoms with E-state index in [0.29, 0.717) is 30.0 Å². The minimum Gasteiger partial charge on any atom is -0.496 e. The lowest BCUT2D eigenvalue weighted by atomic mass is 9.83. The van der Waals surface area contributed by atoms with Crippen LogP contribution < -0.4 is 14.8 Å². The molecule has 38 heavy (non-hydrogen) atoms. The predicted molar refractivity (Wildman–Crippen MR) is 150 cm³/mol. The third-order valence-corrected chi connectivity index (χ3v) is 7.38. The van der Waals surface area contributed by atoms with E-state index < -0.39 is 0 Å². The molecule has 1 amide bonds. The van der Waals surface area contributed by atoms with Gasteiger partial charge in [0, 0.05) is 47.4 Å². The molecule has 0 spiro atoms. The summed E-state index contributed by atoms with van der Waals surface area (Å²) in [6, 6.07) is 7.48. The van der Waals surface area contributed by atoms with Gasteiger partial charge in [-0.3, -0.25) is 15.0 Å². The van der Waals surface area contributed by atoms with Crippen LogP contribution in [0.1, 0.15) is 60.3 Å². The van der Waals surface area contributed by atoms with Crippen molar-refractivity contribution in [3.05, 3.63) is 63.7 Å². The lowest BCUT2D eigenvalue weighted by Crippen LogP contribution is -2.30. The van der Waals surface area contributed by atoms with Gasteiger partial charge in [0.25, 0.3) is 0 Å². The quantitative estimate of drug-likeness (QED) is 0.381. The van der Waals surface area contributed by atoms with Crippen LogP contribution in [0.2, 0.25) is 0 Å². The number of nitrogens with zero attached hydrogens (tertiary/aromatic N) is 2. The molecule has 0 aliphatic carbocycles. The molecular weight excluding hydrogens is 500 g/mol. The topological polar surface area (TPSA) is 105 Å². The maximum atomic E-state index is 13.6. The second kappa shape index (κ2) is 10.9. The Balaban J connectivity index is 1.66. The molecule has 0 bridgehead atoms. The van der Waals surface area contributed by atoms with Crippen LogP contribution in [0.15, 0.2) is 35.8 Å². The standard InChI is InChI=1S/C29H34N4O4S/c1-7-37-24-13-19-15-33(27(30)20(19)11-18(24)14-25(35)31-5)16-23(34)17-10-21(28-32-8-9-38-28)26(36-6)22(12-17)29(2,3)4/h8-13,30H,7,14-16H2,1-6H3,(H,31,35). The summed E-state index contributed by atoms with van der Waals surface area (Å²) in [7, 11) is 3.23. The number of likely N-dealkylation sites (N-methyl/N-ethyl adjacent to an activating group) is 1. The zero-order valence-electron chi connectivity index (χ0n) is 22.7. The van der Waals surface area contributed by atoms with E-state index in [0.717, 1.165) is 33.0 Å². The molecule has 1 aliphatic rings. The van der Waals surface area contributed by atoms with Crippen LogP contribution in [0.3, 0.4) is 0 Å². The normalized spacial score (nSPS) is 12.9. The van der Waals surface area contributed by atoms with Crippen LogP contribution in [0.25, 0.3) is 10.6 Å². The van der Waals surface area contributed by atoms with Crippen molar-refractivity contribution in [3.8, 4) is 22.1 Å². The molecule has 1 aromatic heterocycles. The second-order valence-electron chi connectivity index (χ2n) is 10.2. The average molecular weight is 535 g/mol. The second-order valence-corrected chi connectivity index (χ2v) is 11.1. The first-order chi connectivity index (χ1) is 18.1. The highest BCUT2D eigenvalue weighted by molar-refractivity contribution is 7.13. The monoisotopic (exact) mass is 534 g/mol. The lowest BCUT2D eigenvalue weighted by molar-refractivity contribution is -0.119. The number of amides is 1. The number of ether oxygens (including phenoxy) is 2. The fourth-order valence-corrected chi connectivity index (χ4v) is 5.30. The van der Waals surface area contributed by atoms with E-state index in [1.165, 1.54) is 11.3 Å². The number of fused-ring (bicyclic) bond motifs is 1. The molecule has 1 aliphatic heterocycles. The van der Waals surface area contributed by atoms with E-state index >= 15 is 0 Å². The Kier molecular flexibility index (Phi) is 7.87. The molecule has 8 nitrogen and oxygen atoms in total. The van der Waals surface area contributed by atoms with Crippen molar-refractivity contribution in [2.45, 2.75) is 46.1 Å². The Bertz CT molecular complexity index is 1380. The molecule has 0 radical (unpaired) electrons. The number of ketones is 1. The molecule has 3 aromatic rings. The molecule has 2 heterocycles. The number of thiazole rings is 1. The third kappa shape index (κ3) is 5.43. The smallest absolute Gasteiger partial charge is 0.224 e. The first-order valence-electron chi connectivity index (χ1n) is 12.6. The van der Waals surface area contributed by atoms with E-state index in [4.69, 9.17) is 14.9 Å². The first kappa shape index (κ1) is 27.3. The van der Waals surface area contributed by atoms with Gasteiger partial charge >= 0.3 is 0 Å². The Hall–Kier alpha value is -3.72. The Morgan fingerprint density at radius 3 is 2.55 bits per heavy atom. The zero-order chi connectivity index (χ0) is 27.6. The molecule has 0 unspecified atom stereocenters. The van der Waals surface area contributed by atoms with Gasteiger partial charge in [-0.1, -0.05) is 20.8 Å². The van der Waals surface area contributed by atoms with Crippen LogP contribution >= 0.6 is 11.3 Å². The SMILES string of the molecule is CCOc1cc2c(cc1CC(=O)NC)C(=N)N(CC(=O)c1cc(-c3nccs3)c(OC)c(C(C)(C)C)c1)C2. The molecule has 0 atom stereocenters. The van der Waals surface area contributed by atoms with Gasteiger partial charge in [-0.15, -0.1) is 11.3 Å². The highest BCUT2D eigenvalue weighted by Crippen LogP contribution is 2.41. The number of carbonyl (C=O) groups is 2.